The van der Waals surface area contributed by atoms with Crippen molar-refractivity contribution in [3.63, 3.8) is 0 Å². The maximum Gasteiger partial charge on any atom is 0.352 e. The topological polar surface area (TPSA) is 65.5 Å². The third kappa shape index (κ3) is 3.64. The summed E-state index contributed by atoms with van der Waals surface area (Å²) in [5.74, 6) is -1.44. The minimum absolute atomic E-state index is 0.195. The summed E-state index contributed by atoms with van der Waals surface area (Å²) in [6, 6.07) is 11.5. The van der Waals surface area contributed by atoms with Crippen LogP contribution >= 0.6 is 23.2 Å². The summed E-state index contributed by atoms with van der Waals surface area (Å²) < 4.78 is 10.2. The molecule has 5 nitrogen and oxygen atoms in total. The molecule has 0 saturated carbocycles. The van der Waals surface area contributed by atoms with Gasteiger partial charge in [-0.3, -0.25) is 4.98 Å². The molecule has 1 heterocycles. The summed E-state index contributed by atoms with van der Waals surface area (Å²) in [5, 5.41) is 2.04. The van der Waals surface area contributed by atoms with E-state index in [1.54, 1.807) is 36.7 Å². The molecule has 0 bridgehead atoms. The number of benzene rings is 2. The Morgan fingerprint density at radius 1 is 1.12 bits per heavy atom. The Morgan fingerprint density at radius 2 is 1.92 bits per heavy atom. The molecule has 1 unspecified atom stereocenters. The second kappa shape index (κ2) is 7.72. The predicted octanol–water partition coefficient (Wildman–Crippen LogP) is 4.61. The highest BCUT2D eigenvalue weighted by molar-refractivity contribution is 6.35. The fourth-order valence-electron chi connectivity index (χ4n) is 2.52. The maximum absolute atomic E-state index is 12.7. The highest BCUT2D eigenvalue weighted by Crippen LogP contribution is 2.30. The van der Waals surface area contributed by atoms with E-state index < -0.39 is 18.0 Å². The van der Waals surface area contributed by atoms with Crippen molar-refractivity contribution < 1.29 is 19.1 Å². The Hall–Kier alpha value is -2.63. The molecule has 0 saturated heterocycles. The van der Waals surface area contributed by atoms with Crippen LogP contribution in [0.25, 0.3) is 10.8 Å². The van der Waals surface area contributed by atoms with Gasteiger partial charge in [0.05, 0.1) is 12.7 Å². The number of rotatable bonds is 4. The molecule has 1 atom stereocenters. The van der Waals surface area contributed by atoms with Crippen molar-refractivity contribution in [1.29, 1.82) is 0 Å². The Balaban J connectivity index is 1.99. The van der Waals surface area contributed by atoms with Crippen LogP contribution in [-0.4, -0.2) is 24.0 Å². The van der Waals surface area contributed by atoms with E-state index in [0.29, 0.717) is 10.4 Å². The monoisotopic (exact) mass is 389 g/mol. The average molecular weight is 390 g/mol. The lowest BCUT2D eigenvalue weighted by Crippen LogP contribution is -2.21. The Morgan fingerprint density at radius 3 is 2.65 bits per heavy atom. The second-order valence-electron chi connectivity index (χ2n) is 5.38. The minimum atomic E-state index is -1.32. The van der Waals surface area contributed by atoms with Crippen molar-refractivity contribution in [2.24, 2.45) is 0 Å². The van der Waals surface area contributed by atoms with Crippen LogP contribution in [0.5, 0.6) is 0 Å². The van der Waals surface area contributed by atoms with Crippen molar-refractivity contribution in [3.05, 3.63) is 76.0 Å². The molecule has 26 heavy (non-hydrogen) atoms. The first kappa shape index (κ1) is 18.2. The van der Waals surface area contributed by atoms with E-state index in [4.69, 9.17) is 32.7 Å². The zero-order chi connectivity index (χ0) is 18.7. The summed E-state index contributed by atoms with van der Waals surface area (Å²) in [5.41, 5.74) is 0.573. The first-order valence-corrected chi connectivity index (χ1v) is 8.33. The van der Waals surface area contributed by atoms with Gasteiger partial charge in [-0.05, 0) is 29.7 Å². The van der Waals surface area contributed by atoms with Crippen LogP contribution in [0.4, 0.5) is 0 Å². The SMILES string of the molecule is COC(=O)C(OC(=O)c1cccc2ccncc12)c1ccc(Cl)cc1Cl. The molecule has 1 aromatic heterocycles. The average Bonchev–Trinajstić information content (AvgIpc) is 2.65. The number of methoxy groups -OCH3 is 1. The lowest BCUT2D eigenvalue weighted by Gasteiger charge is -2.18. The van der Waals surface area contributed by atoms with Crippen molar-refractivity contribution >= 4 is 45.9 Å². The number of carbonyl (C=O) groups is 2. The van der Waals surface area contributed by atoms with Crippen LogP contribution in [0.3, 0.4) is 0 Å². The van der Waals surface area contributed by atoms with Gasteiger partial charge in [0.15, 0.2) is 0 Å². The molecule has 0 amide bonds. The predicted molar refractivity (Wildman–Crippen MR) is 98.4 cm³/mol. The fourth-order valence-corrected chi connectivity index (χ4v) is 3.03. The molecule has 7 heteroatoms. The van der Waals surface area contributed by atoms with Gasteiger partial charge in [0, 0.05) is 33.4 Å². The zero-order valence-electron chi connectivity index (χ0n) is 13.6. The maximum atomic E-state index is 12.7. The number of ether oxygens (including phenoxy) is 2. The van der Waals surface area contributed by atoms with Crippen LogP contribution in [0.15, 0.2) is 54.9 Å². The van der Waals surface area contributed by atoms with Crippen LogP contribution < -0.4 is 0 Å². The van der Waals surface area contributed by atoms with Crippen molar-refractivity contribution in [3.8, 4) is 0 Å². The van der Waals surface area contributed by atoms with Gasteiger partial charge in [0.1, 0.15) is 0 Å². The highest BCUT2D eigenvalue weighted by Gasteiger charge is 2.29. The number of halogens is 2. The third-order valence-electron chi connectivity index (χ3n) is 3.79. The number of fused-ring (bicyclic) bond motifs is 1. The molecule has 0 aliphatic carbocycles. The fraction of sp³-hybridized carbons (Fsp3) is 0.105. The molecule has 0 aliphatic rings. The molecule has 3 aromatic rings. The first-order valence-electron chi connectivity index (χ1n) is 7.57. The van der Waals surface area contributed by atoms with E-state index >= 15 is 0 Å². The van der Waals surface area contributed by atoms with Gasteiger partial charge < -0.3 is 9.47 Å². The molecule has 0 radical (unpaired) electrons. The number of esters is 2. The first-order chi connectivity index (χ1) is 12.5. The van der Waals surface area contributed by atoms with Crippen molar-refractivity contribution in [1.82, 2.24) is 4.98 Å². The van der Waals surface area contributed by atoms with E-state index in [9.17, 15) is 9.59 Å². The molecule has 0 fully saturated rings. The molecule has 132 valence electrons. The molecule has 0 aliphatic heterocycles. The second-order valence-corrected chi connectivity index (χ2v) is 6.22. The van der Waals surface area contributed by atoms with E-state index in [-0.39, 0.29) is 16.1 Å². The van der Waals surface area contributed by atoms with Gasteiger partial charge in [-0.15, -0.1) is 0 Å². The van der Waals surface area contributed by atoms with Crippen molar-refractivity contribution in [2.45, 2.75) is 6.10 Å². The zero-order valence-corrected chi connectivity index (χ0v) is 15.1. The highest BCUT2D eigenvalue weighted by atomic mass is 35.5. The molecular weight excluding hydrogens is 377 g/mol. The molecular formula is C19H13Cl2NO4. The van der Waals surface area contributed by atoms with E-state index in [2.05, 4.69) is 4.98 Å². The van der Waals surface area contributed by atoms with Crippen LogP contribution in [0.1, 0.15) is 22.0 Å². The Kier molecular flexibility index (Phi) is 5.40. The van der Waals surface area contributed by atoms with Crippen molar-refractivity contribution in [2.75, 3.05) is 7.11 Å². The summed E-state index contributed by atoms with van der Waals surface area (Å²) in [6.45, 7) is 0. The number of nitrogens with zero attached hydrogens (tertiary/aromatic N) is 1. The summed E-state index contributed by atoms with van der Waals surface area (Å²) in [4.78, 5) is 28.9. The smallest absolute Gasteiger partial charge is 0.352 e. The van der Waals surface area contributed by atoms with Crippen LogP contribution in [0.2, 0.25) is 10.0 Å². The quantitative estimate of drug-likeness (QED) is 0.609. The number of pyridine rings is 1. The lowest BCUT2D eigenvalue weighted by atomic mass is 10.1. The van der Waals surface area contributed by atoms with Crippen LogP contribution in [-0.2, 0) is 14.3 Å². The summed E-state index contributed by atoms with van der Waals surface area (Å²) in [6.07, 6.45) is 1.88. The summed E-state index contributed by atoms with van der Waals surface area (Å²) >= 11 is 12.0. The Bertz CT molecular complexity index is 985. The number of hydrogen-bond donors (Lipinski definition) is 0. The molecule has 0 N–H and O–H groups in total. The van der Waals surface area contributed by atoms with Gasteiger partial charge in [0.2, 0.25) is 6.10 Å². The minimum Gasteiger partial charge on any atom is -0.466 e. The van der Waals surface area contributed by atoms with Gasteiger partial charge in [-0.1, -0.05) is 41.4 Å². The van der Waals surface area contributed by atoms with Gasteiger partial charge in [0.25, 0.3) is 0 Å². The summed E-state index contributed by atoms with van der Waals surface area (Å²) in [7, 11) is 1.20. The number of carbonyl (C=O) groups excluding carboxylic acids is 2. The normalized spacial score (nSPS) is 11.8. The molecule has 2 aromatic carbocycles. The Labute approximate surface area is 159 Å². The van der Waals surface area contributed by atoms with Gasteiger partial charge in [-0.2, -0.15) is 0 Å². The third-order valence-corrected chi connectivity index (χ3v) is 4.35. The number of aromatic nitrogens is 1. The lowest BCUT2D eigenvalue weighted by molar-refractivity contribution is -0.151. The van der Waals surface area contributed by atoms with E-state index in [1.165, 1.54) is 19.2 Å². The van der Waals surface area contributed by atoms with E-state index in [0.717, 1.165) is 5.39 Å². The van der Waals surface area contributed by atoms with Crippen LogP contribution in [0, 0.1) is 0 Å². The van der Waals surface area contributed by atoms with Gasteiger partial charge >= 0.3 is 11.9 Å². The molecule has 3 rings (SSSR count). The van der Waals surface area contributed by atoms with E-state index in [1.807, 2.05) is 6.07 Å². The standard InChI is InChI=1S/C19H13Cl2NO4/c1-25-19(24)17(14-6-5-12(20)9-16(14)21)26-18(23)13-4-2-3-11-7-8-22-10-15(11)13/h2-10,17H,1H3. The largest absolute Gasteiger partial charge is 0.466 e. The van der Waals surface area contributed by atoms with Gasteiger partial charge in [-0.25, -0.2) is 9.59 Å². The number of hydrogen-bond acceptors (Lipinski definition) is 5. The molecule has 0 spiro atoms.